The highest BCUT2D eigenvalue weighted by Gasteiger charge is 2.25. The number of para-hydroxylation sites is 1. The van der Waals surface area contributed by atoms with E-state index in [1.54, 1.807) is 0 Å². The van der Waals surface area contributed by atoms with Gasteiger partial charge in [-0.15, -0.1) is 0 Å². The number of hydrogen-bond donors (Lipinski definition) is 0. The van der Waals surface area contributed by atoms with Crippen LogP contribution in [0.1, 0.15) is 23.1 Å². The molecule has 28 heavy (non-hydrogen) atoms. The highest BCUT2D eigenvalue weighted by atomic mass is 16.2. The number of carbonyl (C=O) groups excluding carboxylic acids is 1. The number of hydrogen-bond acceptors (Lipinski definition) is 4. The van der Waals surface area contributed by atoms with Crippen LogP contribution >= 0.6 is 0 Å². The second-order valence-electron chi connectivity index (χ2n) is 7.64. The van der Waals surface area contributed by atoms with Crippen molar-refractivity contribution < 1.29 is 4.79 Å². The Hall–Kier alpha value is -2.68. The standard InChI is InChI=1S/C23H26N4O/c24-16-19-7-9-20(10-8-19)17-25-12-14-26(15-13-25)18-23(28)27-11-3-5-21-4-1-2-6-22(21)27/h1-2,4,6-10H,3,5,11-15,17-18H2. The van der Waals surface area contributed by atoms with Gasteiger partial charge in [0, 0.05) is 45.0 Å². The third-order valence-electron chi connectivity index (χ3n) is 5.72. The van der Waals surface area contributed by atoms with Gasteiger partial charge in [0.05, 0.1) is 18.2 Å². The van der Waals surface area contributed by atoms with Crippen LogP contribution in [0, 0.1) is 11.3 Å². The second-order valence-corrected chi connectivity index (χ2v) is 7.64. The molecule has 0 saturated carbocycles. The number of carbonyl (C=O) groups is 1. The molecule has 4 rings (SSSR count). The van der Waals surface area contributed by atoms with Crippen LogP contribution in [0.25, 0.3) is 0 Å². The fourth-order valence-corrected chi connectivity index (χ4v) is 4.12. The first-order valence-corrected chi connectivity index (χ1v) is 10.0. The van der Waals surface area contributed by atoms with Gasteiger partial charge in [-0.3, -0.25) is 14.6 Å². The number of benzene rings is 2. The zero-order valence-corrected chi connectivity index (χ0v) is 16.2. The molecule has 5 heteroatoms. The number of aryl methyl sites for hydroxylation is 1. The van der Waals surface area contributed by atoms with Crippen LogP contribution in [-0.4, -0.2) is 55.0 Å². The number of fused-ring (bicyclic) bond motifs is 1. The van der Waals surface area contributed by atoms with Crippen LogP contribution in [0.15, 0.2) is 48.5 Å². The molecule has 0 bridgehead atoms. The number of nitriles is 1. The lowest BCUT2D eigenvalue weighted by molar-refractivity contribution is -0.120. The highest BCUT2D eigenvalue weighted by Crippen LogP contribution is 2.26. The van der Waals surface area contributed by atoms with Crippen molar-refractivity contribution in [3.63, 3.8) is 0 Å². The molecular formula is C23H26N4O. The zero-order chi connectivity index (χ0) is 19.3. The molecule has 1 amide bonds. The van der Waals surface area contributed by atoms with E-state index in [4.69, 9.17) is 5.26 Å². The first-order valence-electron chi connectivity index (χ1n) is 10.0. The third-order valence-corrected chi connectivity index (χ3v) is 5.72. The normalized spacial score (nSPS) is 17.8. The van der Waals surface area contributed by atoms with Gasteiger partial charge < -0.3 is 4.90 Å². The minimum Gasteiger partial charge on any atom is -0.311 e. The predicted octanol–water partition coefficient (Wildman–Crippen LogP) is 2.66. The third kappa shape index (κ3) is 4.24. The summed E-state index contributed by atoms with van der Waals surface area (Å²) in [4.78, 5) is 19.6. The van der Waals surface area contributed by atoms with E-state index < -0.39 is 0 Å². The monoisotopic (exact) mass is 374 g/mol. The molecule has 0 spiro atoms. The molecule has 2 aromatic carbocycles. The van der Waals surface area contributed by atoms with E-state index in [1.807, 2.05) is 35.2 Å². The summed E-state index contributed by atoms with van der Waals surface area (Å²) in [7, 11) is 0. The van der Waals surface area contributed by atoms with Crippen LogP contribution in [0.2, 0.25) is 0 Å². The summed E-state index contributed by atoms with van der Waals surface area (Å²) in [5, 5.41) is 8.90. The first kappa shape index (κ1) is 18.7. The van der Waals surface area contributed by atoms with E-state index in [0.29, 0.717) is 12.1 Å². The molecule has 2 heterocycles. The van der Waals surface area contributed by atoms with Gasteiger partial charge in [0.15, 0.2) is 0 Å². The Bertz CT molecular complexity index is 863. The second kappa shape index (κ2) is 8.55. The summed E-state index contributed by atoms with van der Waals surface area (Å²) < 4.78 is 0. The minimum absolute atomic E-state index is 0.215. The maximum absolute atomic E-state index is 12.9. The van der Waals surface area contributed by atoms with Crippen molar-refractivity contribution in [3.8, 4) is 6.07 Å². The quantitative estimate of drug-likeness (QED) is 0.826. The molecule has 0 N–H and O–H groups in total. The van der Waals surface area contributed by atoms with E-state index in [2.05, 4.69) is 34.1 Å². The topological polar surface area (TPSA) is 50.6 Å². The molecule has 0 radical (unpaired) electrons. The number of piperazine rings is 1. The summed E-state index contributed by atoms with van der Waals surface area (Å²) in [5.74, 6) is 0.215. The summed E-state index contributed by atoms with van der Waals surface area (Å²) in [6, 6.07) is 18.3. The molecule has 144 valence electrons. The van der Waals surface area contributed by atoms with Gasteiger partial charge in [0.2, 0.25) is 5.91 Å². The van der Waals surface area contributed by atoms with Crippen LogP contribution in [0.5, 0.6) is 0 Å². The lowest BCUT2D eigenvalue weighted by Gasteiger charge is -2.36. The van der Waals surface area contributed by atoms with Gasteiger partial charge in [-0.1, -0.05) is 30.3 Å². The molecule has 5 nitrogen and oxygen atoms in total. The lowest BCUT2D eigenvalue weighted by atomic mass is 10.0. The van der Waals surface area contributed by atoms with E-state index in [1.165, 1.54) is 11.1 Å². The van der Waals surface area contributed by atoms with Crippen LogP contribution in [0.3, 0.4) is 0 Å². The van der Waals surface area contributed by atoms with Crippen LogP contribution < -0.4 is 4.90 Å². The van der Waals surface area contributed by atoms with Gasteiger partial charge in [0.25, 0.3) is 0 Å². The van der Waals surface area contributed by atoms with Crippen LogP contribution in [0.4, 0.5) is 5.69 Å². The van der Waals surface area contributed by atoms with E-state index in [9.17, 15) is 4.79 Å². The molecular weight excluding hydrogens is 348 g/mol. The van der Waals surface area contributed by atoms with Crippen molar-refractivity contribution in [2.75, 3.05) is 44.2 Å². The molecule has 2 aromatic rings. The first-order chi connectivity index (χ1) is 13.7. The molecule has 2 aliphatic heterocycles. The molecule has 0 atom stereocenters. The molecule has 1 fully saturated rings. The number of rotatable bonds is 4. The van der Waals surface area contributed by atoms with Crippen molar-refractivity contribution in [1.82, 2.24) is 9.80 Å². The highest BCUT2D eigenvalue weighted by molar-refractivity contribution is 5.95. The molecule has 2 aliphatic rings. The Balaban J connectivity index is 1.29. The average molecular weight is 374 g/mol. The largest absolute Gasteiger partial charge is 0.311 e. The number of anilines is 1. The average Bonchev–Trinajstić information content (AvgIpc) is 2.75. The van der Waals surface area contributed by atoms with Gasteiger partial charge in [-0.25, -0.2) is 0 Å². The van der Waals surface area contributed by atoms with Crippen molar-refractivity contribution >= 4 is 11.6 Å². The summed E-state index contributed by atoms with van der Waals surface area (Å²) in [6.07, 6.45) is 2.11. The zero-order valence-electron chi connectivity index (χ0n) is 16.2. The van der Waals surface area contributed by atoms with Gasteiger partial charge >= 0.3 is 0 Å². The van der Waals surface area contributed by atoms with E-state index in [-0.39, 0.29) is 5.91 Å². The maximum atomic E-state index is 12.9. The van der Waals surface area contributed by atoms with Crippen molar-refractivity contribution in [1.29, 1.82) is 5.26 Å². The summed E-state index contributed by atoms with van der Waals surface area (Å²) >= 11 is 0. The number of nitrogens with zero attached hydrogens (tertiary/aromatic N) is 4. The smallest absolute Gasteiger partial charge is 0.241 e. The Morgan fingerprint density at radius 2 is 1.64 bits per heavy atom. The minimum atomic E-state index is 0.215. The van der Waals surface area contributed by atoms with E-state index in [0.717, 1.165) is 57.8 Å². The molecule has 1 saturated heterocycles. The Labute approximate surface area is 166 Å². The van der Waals surface area contributed by atoms with Gasteiger partial charge in [-0.05, 0) is 42.2 Å². The van der Waals surface area contributed by atoms with Crippen LogP contribution in [-0.2, 0) is 17.8 Å². The Morgan fingerprint density at radius 1 is 0.929 bits per heavy atom. The molecule has 0 unspecified atom stereocenters. The maximum Gasteiger partial charge on any atom is 0.241 e. The van der Waals surface area contributed by atoms with E-state index >= 15 is 0 Å². The predicted molar refractivity (Wildman–Crippen MR) is 110 cm³/mol. The molecule has 0 aliphatic carbocycles. The van der Waals surface area contributed by atoms with Crippen molar-refractivity contribution in [3.05, 3.63) is 65.2 Å². The molecule has 0 aromatic heterocycles. The number of amides is 1. The van der Waals surface area contributed by atoms with Gasteiger partial charge in [-0.2, -0.15) is 5.26 Å². The lowest BCUT2D eigenvalue weighted by Crippen LogP contribution is -2.50. The Kier molecular flexibility index (Phi) is 5.70. The van der Waals surface area contributed by atoms with Gasteiger partial charge in [0.1, 0.15) is 0 Å². The fourth-order valence-electron chi connectivity index (χ4n) is 4.12. The SMILES string of the molecule is N#Cc1ccc(CN2CCN(CC(=O)N3CCCc4ccccc43)CC2)cc1. The fraction of sp³-hybridized carbons (Fsp3) is 0.391. The van der Waals surface area contributed by atoms with Crippen molar-refractivity contribution in [2.24, 2.45) is 0 Å². The summed E-state index contributed by atoms with van der Waals surface area (Å²) in [5.41, 5.74) is 4.31. The Morgan fingerprint density at radius 3 is 2.39 bits per heavy atom. The summed E-state index contributed by atoms with van der Waals surface area (Å²) in [6.45, 7) is 5.98. The van der Waals surface area contributed by atoms with Crippen molar-refractivity contribution in [2.45, 2.75) is 19.4 Å².